The van der Waals surface area contributed by atoms with E-state index in [9.17, 15) is 9.59 Å². The molecule has 6 heteroatoms. The van der Waals surface area contributed by atoms with Crippen molar-refractivity contribution < 1.29 is 14.6 Å². The number of nitrogens with zero attached hydrogens (tertiary/aromatic N) is 1. The van der Waals surface area contributed by atoms with Crippen LogP contribution in [0.4, 0.5) is 5.69 Å². The Kier molecular flexibility index (Phi) is 4.34. The highest BCUT2D eigenvalue weighted by molar-refractivity contribution is 5.95. The third-order valence-corrected chi connectivity index (χ3v) is 4.03. The van der Waals surface area contributed by atoms with E-state index in [2.05, 4.69) is 5.32 Å². The Hall–Kier alpha value is -2.34. The van der Waals surface area contributed by atoms with Crippen LogP contribution in [0.25, 0.3) is 10.9 Å². The van der Waals surface area contributed by atoms with Gasteiger partial charge in [-0.3, -0.25) is 4.79 Å². The molecule has 23 heavy (non-hydrogen) atoms. The van der Waals surface area contributed by atoms with Crippen LogP contribution in [0.2, 0.25) is 0 Å². The minimum Gasteiger partial charge on any atom is -0.462 e. The number of carbonyl (C=O) groups is 1. The molecule has 122 valence electrons. The summed E-state index contributed by atoms with van der Waals surface area (Å²) >= 11 is 0. The number of hydrogen-bond donors (Lipinski definition) is 2. The predicted octanol–water partition coefficient (Wildman–Crippen LogP) is 1.53. The third-order valence-electron chi connectivity index (χ3n) is 4.03. The van der Waals surface area contributed by atoms with E-state index in [4.69, 9.17) is 9.84 Å². The number of aliphatic hydroxyl groups excluding tert-OH is 1. The van der Waals surface area contributed by atoms with Crippen LogP contribution < -0.4 is 10.7 Å². The van der Waals surface area contributed by atoms with Crippen LogP contribution in [0.1, 0.15) is 29.3 Å². The number of nitrogens with one attached hydrogen (secondary N) is 1. The molecule has 1 aliphatic rings. The van der Waals surface area contributed by atoms with Crippen molar-refractivity contribution in [1.29, 1.82) is 0 Å². The van der Waals surface area contributed by atoms with Crippen molar-refractivity contribution in [2.24, 2.45) is 0 Å². The lowest BCUT2D eigenvalue weighted by molar-refractivity contribution is 0.0524. The Balaban J connectivity index is 2.21. The highest BCUT2D eigenvalue weighted by Gasteiger charge is 2.21. The van der Waals surface area contributed by atoms with Crippen molar-refractivity contribution in [3.05, 3.63) is 39.7 Å². The van der Waals surface area contributed by atoms with Gasteiger partial charge in [0.1, 0.15) is 5.56 Å². The van der Waals surface area contributed by atoms with E-state index < -0.39 is 5.97 Å². The summed E-state index contributed by atoms with van der Waals surface area (Å²) in [6, 6.07) is 3.76. The van der Waals surface area contributed by atoms with Gasteiger partial charge in [-0.15, -0.1) is 0 Å². The molecule has 0 bridgehead atoms. The molecule has 2 N–H and O–H groups in total. The summed E-state index contributed by atoms with van der Waals surface area (Å²) in [5.41, 5.74) is 2.54. The molecule has 0 spiro atoms. The summed E-state index contributed by atoms with van der Waals surface area (Å²) in [6.45, 7) is 3.16. The number of pyridine rings is 1. The van der Waals surface area contributed by atoms with Gasteiger partial charge in [-0.1, -0.05) is 0 Å². The third kappa shape index (κ3) is 2.82. The number of aryl methyl sites for hydroxylation is 2. The van der Waals surface area contributed by atoms with Crippen LogP contribution in [0.5, 0.6) is 0 Å². The smallest absolute Gasteiger partial charge is 0.343 e. The van der Waals surface area contributed by atoms with Crippen molar-refractivity contribution in [2.45, 2.75) is 26.3 Å². The monoisotopic (exact) mass is 316 g/mol. The second-order valence-corrected chi connectivity index (χ2v) is 5.57. The van der Waals surface area contributed by atoms with Gasteiger partial charge in [-0.2, -0.15) is 0 Å². The van der Waals surface area contributed by atoms with Crippen molar-refractivity contribution in [3.63, 3.8) is 0 Å². The van der Waals surface area contributed by atoms with Gasteiger partial charge >= 0.3 is 5.97 Å². The fourth-order valence-corrected chi connectivity index (χ4v) is 3.09. The average Bonchev–Trinajstić information content (AvgIpc) is 2.56. The highest BCUT2D eigenvalue weighted by atomic mass is 16.5. The van der Waals surface area contributed by atoms with Gasteiger partial charge in [0.2, 0.25) is 5.43 Å². The summed E-state index contributed by atoms with van der Waals surface area (Å²) in [4.78, 5) is 24.8. The van der Waals surface area contributed by atoms with E-state index in [0.717, 1.165) is 36.2 Å². The van der Waals surface area contributed by atoms with Crippen LogP contribution in [0, 0.1) is 0 Å². The molecular weight excluding hydrogens is 296 g/mol. The molecule has 1 aliphatic heterocycles. The minimum absolute atomic E-state index is 0.0144. The standard InChI is InChI=1S/C17H20N2O4/c1-2-23-17(22)14-10-19-6-3-4-11-8-12(18-5-7-20)9-13(15(11)19)16(14)21/h8-10,18,20H,2-7H2,1H3. The quantitative estimate of drug-likeness (QED) is 0.818. The summed E-state index contributed by atoms with van der Waals surface area (Å²) in [7, 11) is 0. The van der Waals surface area contributed by atoms with Crippen LogP contribution in [-0.4, -0.2) is 35.4 Å². The molecule has 1 aromatic heterocycles. The Morgan fingerprint density at radius 1 is 1.43 bits per heavy atom. The van der Waals surface area contributed by atoms with Crippen LogP contribution in [-0.2, 0) is 17.7 Å². The van der Waals surface area contributed by atoms with E-state index in [1.165, 1.54) is 0 Å². The maximum atomic E-state index is 12.7. The summed E-state index contributed by atoms with van der Waals surface area (Å²) in [6.07, 6.45) is 3.46. The van der Waals surface area contributed by atoms with Gasteiger partial charge in [0.25, 0.3) is 0 Å². The maximum absolute atomic E-state index is 12.7. The zero-order valence-corrected chi connectivity index (χ0v) is 13.1. The van der Waals surface area contributed by atoms with Gasteiger partial charge in [-0.25, -0.2) is 4.79 Å². The van der Waals surface area contributed by atoms with Crippen LogP contribution in [0.15, 0.2) is 23.1 Å². The molecule has 2 heterocycles. The van der Waals surface area contributed by atoms with E-state index in [0.29, 0.717) is 11.9 Å². The van der Waals surface area contributed by atoms with Crippen molar-refractivity contribution in [1.82, 2.24) is 4.57 Å². The highest BCUT2D eigenvalue weighted by Crippen LogP contribution is 2.27. The van der Waals surface area contributed by atoms with Crippen molar-refractivity contribution >= 4 is 22.6 Å². The number of aromatic nitrogens is 1. The van der Waals surface area contributed by atoms with Gasteiger partial charge < -0.3 is 19.7 Å². The zero-order chi connectivity index (χ0) is 16.4. The Bertz CT molecular complexity index is 810. The average molecular weight is 316 g/mol. The molecule has 2 aromatic rings. The second-order valence-electron chi connectivity index (χ2n) is 5.57. The zero-order valence-electron chi connectivity index (χ0n) is 13.1. The Labute approximate surface area is 133 Å². The molecule has 0 fully saturated rings. The molecule has 6 nitrogen and oxygen atoms in total. The molecule has 0 atom stereocenters. The summed E-state index contributed by atoms with van der Waals surface area (Å²) in [5, 5.41) is 12.6. The van der Waals surface area contributed by atoms with Crippen molar-refractivity contribution in [3.8, 4) is 0 Å². The topological polar surface area (TPSA) is 80.6 Å². The second kappa shape index (κ2) is 6.42. The van der Waals surface area contributed by atoms with Crippen molar-refractivity contribution in [2.75, 3.05) is 25.1 Å². The first kappa shape index (κ1) is 15.6. The lowest BCUT2D eigenvalue weighted by Crippen LogP contribution is -2.23. The van der Waals surface area contributed by atoms with Gasteiger partial charge in [0.05, 0.1) is 18.7 Å². The Morgan fingerprint density at radius 3 is 3.00 bits per heavy atom. The number of anilines is 1. The lowest BCUT2D eigenvalue weighted by atomic mass is 9.98. The van der Waals surface area contributed by atoms with E-state index in [1.54, 1.807) is 19.2 Å². The number of esters is 1. The Morgan fingerprint density at radius 2 is 2.26 bits per heavy atom. The number of hydrogen-bond acceptors (Lipinski definition) is 5. The first-order valence-corrected chi connectivity index (χ1v) is 7.87. The SMILES string of the molecule is CCOC(=O)c1cn2c3c(cc(NCCO)cc3c1=O)CCC2. The molecule has 0 aliphatic carbocycles. The summed E-state index contributed by atoms with van der Waals surface area (Å²) in [5.74, 6) is -0.580. The van der Waals surface area contributed by atoms with Gasteiger partial charge in [-0.05, 0) is 37.5 Å². The van der Waals surface area contributed by atoms with E-state index >= 15 is 0 Å². The molecule has 0 saturated carbocycles. The number of carbonyl (C=O) groups excluding carboxylic acids is 1. The predicted molar refractivity (Wildman–Crippen MR) is 88.1 cm³/mol. The van der Waals surface area contributed by atoms with Crippen LogP contribution in [0.3, 0.4) is 0 Å². The number of benzene rings is 1. The molecular formula is C17H20N2O4. The van der Waals surface area contributed by atoms with E-state index in [-0.39, 0.29) is 24.2 Å². The number of ether oxygens (including phenoxy) is 1. The maximum Gasteiger partial charge on any atom is 0.343 e. The minimum atomic E-state index is -0.580. The normalized spacial score (nSPS) is 13.1. The molecule has 0 amide bonds. The van der Waals surface area contributed by atoms with Gasteiger partial charge in [0.15, 0.2) is 0 Å². The van der Waals surface area contributed by atoms with E-state index in [1.807, 2.05) is 10.6 Å². The number of rotatable bonds is 5. The molecule has 3 rings (SSSR count). The first-order chi connectivity index (χ1) is 11.2. The fraction of sp³-hybridized carbons (Fsp3) is 0.412. The largest absolute Gasteiger partial charge is 0.462 e. The summed E-state index contributed by atoms with van der Waals surface area (Å²) < 4.78 is 6.97. The fourth-order valence-electron chi connectivity index (χ4n) is 3.09. The number of aliphatic hydroxyl groups is 1. The molecule has 1 aromatic carbocycles. The van der Waals surface area contributed by atoms with Crippen LogP contribution >= 0.6 is 0 Å². The molecule has 0 unspecified atom stereocenters. The molecule has 0 radical (unpaired) electrons. The first-order valence-electron chi connectivity index (χ1n) is 7.87. The van der Waals surface area contributed by atoms with Gasteiger partial charge in [0, 0.05) is 30.4 Å². The lowest BCUT2D eigenvalue weighted by Gasteiger charge is -2.22. The molecule has 0 saturated heterocycles.